The largest absolute Gasteiger partial charge is 0.372 e. The number of hydrogen-bond donors (Lipinski definition) is 0. The smallest absolute Gasteiger partial charge is 0.0623 e. The second-order valence-electron chi connectivity index (χ2n) is 2.85. The first-order chi connectivity index (χ1) is 6.31. The van der Waals surface area contributed by atoms with Crippen LogP contribution < -0.4 is 4.90 Å². The molecule has 0 aliphatic carbocycles. The summed E-state index contributed by atoms with van der Waals surface area (Å²) in [7, 11) is 0. The van der Waals surface area contributed by atoms with Crippen LogP contribution in [-0.4, -0.2) is 19.8 Å². The van der Waals surface area contributed by atoms with E-state index in [1.807, 2.05) is 12.1 Å². The Bertz CT molecular complexity index is 260. The molecule has 0 atom stereocenters. The Morgan fingerprint density at radius 2 is 1.69 bits per heavy atom. The molecule has 0 aliphatic heterocycles. The Hall–Kier alpha value is -1.31. The normalized spacial score (nSPS) is 9.69. The van der Waals surface area contributed by atoms with E-state index in [1.54, 1.807) is 0 Å². The highest BCUT2D eigenvalue weighted by Crippen LogP contribution is 2.18. The summed E-state index contributed by atoms with van der Waals surface area (Å²) in [5.74, 6) is 0. The maximum Gasteiger partial charge on any atom is 0.0623 e. The Balaban J connectivity index is 2.83. The van der Waals surface area contributed by atoms with E-state index in [4.69, 9.17) is 0 Å². The lowest BCUT2D eigenvalue weighted by molar-refractivity contribution is 0.866. The van der Waals surface area contributed by atoms with E-state index >= 15 is 0 Å². The first-order valence-corrected chi connectivity index (χ1v) is 4.63. The van der Waals surface area contributed by atoms with Gasteiger partial charge in [-0.3, -0.25) is 4.99 Å². The number of anilines is 1. The van der Waals surface area contributed by atoms with Crippen molar-refractivity contribution in [2.45, 2.75) is 13.8 Å². The second-order valence-corrected chi connectivity index (χ2v) is 2.85. The summed E-state index contributed by atoms with van der Waals surface area (Å²) in [6.45, 7) is 9.87. The monoisotopic (exact) mass is 176 g/mol. The quantitative estimate of drug-likeness (QED) is 0.644. The molecule has 1 aromatic rings. The zero-order valence-corrected chi connectivity index (χ0v) is 8.33. The van der Waals surface area contributed by atoms with E-state index in [0.717, 1.165) is 18.8 Å². The van der Waals surface area contributed by atoms with Crippen molar-refractivity contribution in [3.8, 4) is 0 Å². The van der Waals surface area contributed by atoms with Crippen LogP contribution in [0.25, 0.3) is 0 Å². The fraction of sp³-hybridized carbons (Fsp3) is 0.364. The van der Waals surface area contributed by atoms with Crippen LogP contribution in [-0.2, 0) is 0 Å². The maximum absolute atomic E-state index is 3.85. The van der Waals surface area contributed by atoms with E-state index in [0.29, 0.717) is 0 Å². The van der Waals surface area contributed by atoms with Gasteiger partial charge >= 0.3 is 0 Å². The van der Waals surface area contributed by atoms with Gasteiger partial charge in [0.15, 0.2) is 0 Å². The molecular formula is C11H16N2. The van der Waals surface area contributed by atoms with Gasteiger partial charge in [0.25, 0.3) is 0 Å². The standard InChI is InChI=1S/C11H16N2/c1-4-13(5-2)11-8-6-10(12-3)7-9-11/h6-9H,3-5H2,1-2H3. The van der Waals surface area contributed by atoms with E-state index in [9.17, 15) is 0 Å². The Morgan fingerprint density at radius 1 is 1.15 bits per heavy atom. The van der Waals surface area contributed by atoms with Gasteiger partial charge in [0, 0.05) is 18.8 Å². The first-order valence-electron chi connectivity index (χ1n) is 4.63. The fourth-order valence-corrected chi connectivity index (χ4v) is 1.36. The lowest BCUT2D eigenvalue weighted by atomic mass is 10.2. The van der Waals surface area contributed by atoms with Crippen molar-refractivity contribution in [3.63, 3.8) is 0 Å². The Labute approximate surface area is 79.9 Å². The molecule has 0 saturated heterocycles. The van der Waals surface area contributed by atoms with E-state index in [2.05, 4.69) is 42.6 Å². The summed E-state index contributed by atoms with van der Waals surface area (Å²) in [5.41, 5.74) is 2.17. The van der Waals surface area contributed by atoms with Crippen molar-refractivity contribution in [2.75, 3.05) is 18.0 Å². The van der Waals surface area contributed by atoms with Crippen LogP contribution in [0.2, 0.25) is 0 Å². The van der Waals surface area contributed by atoms with Crippen LogP contribution in [0.3, 0.4) is 0 Å². The lowest BCUT2D eigenvalue weighted by Crippen LogP contribution is -2.21. The average Bonchev–Trinajstić information content (AvgIpc) is 2.21. The third-order valence-electron chi connectivity index (χ3n) is 2.16. The van der Waals surface area contributed by atoms with Crippen LogP contribution in [0.5, 0.6) is 0 Å². The van der Waals surface area contributed by atoms with Crippen LogP contribution in [0.4, 0.5) is 11.4 Å². The summed E-state index contributed by atoms with van der Waals surface area (Å²) in [4.78, 5) is 6.15. The maximum atomic E-state index is 3.85. The van der Waals surface area contributed by atoms with Crippen molar-refractivity contribution in [3.05, 3.63) is 24.3 Å². The van der Waals surface area contributed by atoms with Crippen LogP contribution >= 0.6 is 0 Å². The molecule has 0 bridgehead atoms. The lowest BCUT2D eigenvalue weighted by Gasteiger charge is -2.20. The zero-order valence-electron chi connectivity index (χ0n) is 8.33. The molecule has 0 aliphatic rings. The molecule has 0 fully saturated rings. The molecule has 0 aromatic heterocycles. The predicted molar refractivity (Wildman–Crippen MR) is 59.2 cm³/mol. The van der Waals surface area contributed by atoms with Crippen LogP contribution in [0.1, 0.15) is 13.8 Å². The summed E-state index contributed by atoms with van der Waals surface area (Å²) in [6.07, 6.45) is 0. The molecule has 2 nitrogen and oxygen atoms in total. The highest BCUT2D eigenvalue weighted by atomic mass is 15.1. The molecule has 70 valence electrons. The molecule has 2 heteroatoms. The van der Waals surface area contributed by atoms with Gasteiger partial charge in [-0.1, -0.05) is 0 Å². The minimum absolute atomic E-state index is 0.927. The highest BCUT2D eigenvalue weighted by Gasteiger charge is 1.99. The third-order valence-corrected chi connectivity index (χ3v) is 2.16. The van der Waals surface area contributed by atoms with Gasteiger partial charge in [-0.2, -0.15) is 0 Å². The van der Waals surface area contributed by atoms with Crippen molar-refractivity contribution >= 4 is 18.1 Å². The van der Waals surface area contributed by atoms with Crippen LogP contribution in [0.15, 0.2) is 29.3 Å². The molecule has 0 N–H and O–H groups in total. The summed E-state index contributed by atoms with van der Waals surface area (Å²) >= 11 is 0. The number of rotatable bonds is 4. The highest BCUT2D eigenvalue weighted by molar-refractivity contribution is 5.54. The van der Waals surface area contributed by atoms with Crippen LogP contribution in [0, 0.1) is 0 Å². The fourth-order valence-electron chi connectivity index (χ4n) is 1.36. The first kappa shape index (κ1) is 9.78. The molecule has 0 saturated carbocycles. The van der Waals surface area contributed by atoms with Crippen molar-refractivity contribution in [1.82, 2.24) is 0 Å². The second kappa shape index (κ2) is 4.65. The Morgan fingerprint density at radius 3 is 2.08 bits per heavy atom. The van der Waals surface area contributed by atoms with Gasteiger partial charge in [-0.15, -0.1) is 0 Å². The molecule has 13 heavy (non-hydrogen) atoms. The van der Waals surface area contributed by atoms with Crippen molar-refractivity contribution < 1.29 is 0 Å². The van der Waals surface area contributed by atoms with Gasteiger partial charge < -0.3 is 4.90 Å². The minimum Gasteiger partial charge on any atom is -0.372 e. The third kappa shape index (κ3) is 2.31. The van der Waals surface area contributed by atoms with Crippen molar-refractivity contribution in [2.24, 2.45) is 4.99 Å². The molecule has 1 rings (SSSR count). The predicted octanol–water partition coefficient (Wildman–Crippen LogP) is 2.86. The minimum atomic E-state index is 0.927. The SMILES string of the molecule is C=Nc1ccc(N(CC)CC)cc1. The molecule has 0 unspecified atom stereocenters. The zero-order chi connectivity index (χ0) is 9.68. The van der Waals surface area contributed by atoms with E-state index in [-0.39, 0.29) is 0 Å². The van der Waals surface area contributed by atoms with Gasteiger partial charge in [-0.05, 0) is 44.8 Å². The van der Waals surface area contributed by atoms with Crippen molar-refractivity contribution in [1.29, 1.82) is 0 Å². The summed E-state index contributed by atoms with van der Waals surface area (Å²) in [5, 5.41) is 0. The summed E-state index contributed by atoms with van der Waals surface area (Å²) in [6, 6.07) is 8.13. The molecule has 1 aromatic carbocycles. The molecule has 0 radical (unpaired) electrons. The van der Waals surface area contributed by atoms with Gasteiger partial charge in [0.05, 0.1) is 5.69 Å². The molecule has 0 spiro atoms. The van der Waals surface area contributed by atoms with E-state index in [1.165, 1.54) is 5.69 Å². The number of hydrogen-bond acceptors (Lipinski definition) is 2. The molecule has 0 amide bonds. The summed E-state index contributed by atoms with van der Waals surface area (Å²) < 4.78 is 0. The molecular weight excluding hydrogens is 160 g/mol. The average molecular weight is 176 g/mol. The van der Waals surface area contributed by atoms with E-state index < -0.39 is 0 Å². The van der Waals surface area contributed by atoms with Gasteiger partial charge in [0.2, 0.25) is 0 Å². The topological polar surface area (TPSA) is 15.6 Å². The Kier molecular flexibility index (Phi) is 3.50. The number of benzene rings is 1. The number of nitrogens with zero attached hydrogens (tertiary/aromatic N) is 2. The number of aliphatic imine (C=N–C) groups is 1. The van der Waals surface area contributed by atoms with Gasteiger partial charge in [-0.25, -0.2) is 0 Å². The van der Waals surface area contributed by atoms with Gasteiger partial charge in [0.1, 0.15) is 0 Å². The molecule has 0 heterocycles.